The van der Waals surface area contributed by atoms with Crippen molar-refractivity contribution >= 4 is 5.70 Å². The normalized spacial score (nSPS) is 46.1. The summed E-state index contributed by atoms with van der Waals surface area (Å²) >= 11 is 0. The van der Waals surface area contributed by atoms with E-state index >= 15 is 0 Å². The van der Waals surface area contributed by atoms with E-state index in [1.54, 1.807) is 5.57 Å². The van der Waals surface area contributed by atoms with Gasteiger partial charge in [-0.1, -0.05) is 38.5 Å². The van der Waals surface area contributed by atoms with Crippen molar-refractivity contribution in [2.45, 2.75) is 71.8 Å². The van der Waals surface area contributed by atoms with Crippen LogP contribution < -0.4 is 0 Å². The van der Waals surface area contributed by atoms with Crippen molar-refractivity contribution in [3.05, 3.63) is 36.4 Å². The minimum atomic E-state index is -0.117. The number of allylic oxidation sites excluding steroid dienone is 3. The lowest BCUT2D eigenvalue weighted by molar-refractivity contribution is -0.0475. The van der Waals surface area contributed by atoms with E-state index in [0.29, 0.717) is 11.3 Å². The van der Waals surface area contributed by atoms with Crippen molar-refractivity contribution < 1.29 is 5.11 Å². The molecule has 3 nitrogen and oxygen atoms in total. The Bertz CT molecular complexity index is 778. The molecule has 0 unspecified atom stereocenters. The molecule has 3 heteroatoms. The van der Waals surface area contributed by atoms with Crippen LogP contribution in [0.5, 0.6) is 0 Å². The third-order valence-corrected chi connectivity index (χ3v) is 9.04. The maximum absolute atomic E-state index is 10.3. The predicted molar refractivity (Wildman–Crippen MR) is 109 cm³/mol. The molecule has 4 aliphatic rings. The molecular formula is C24H34N2O. The highest BCUT2D eigenvalue weighted by Gasteiger charge is 2.58. The highest BCUT2D eigenvalue weighted by atomic mass is 16.3. The van der Waals surface area contributed by atoms with Gasteiger partial charge in [0, 0.05) is 23.5 Å². The fraction of sp³-hybridized carbons (Fsp3) is 0.708. The van der Waals surface area contributed by atoms with Gasteiger partial charge in [-0.3, -0.25) is 0 Å². The van der Waals surface area contributed by atoms with Gasteiger partial charge in [0.05, 0.1) is 12.4 Å². The molecule has 0 amide bonds. The SMILES string of the molecule is CC[C@@H]1C=C2C[C@H](O)CC[C@]2(C)[C@H]2CC[C@]3(C)C(n4ccnc4)=CC[C@H]3[C@H]12. The van der Waals surface area contributed by atoms with E-state index in [1.807, 2.05) is 12.5 Å². The molecule has 0 radical (unpaired) electrons. The fourth-order valence-electron chi connectivity index (χ4n) is 7.54. The van der Waals surface area contributed by atoms with Gasteiger partial charge in [0.1, 0.15) is 0 Å². The standard InChI is InChI=1S/C24H34N2O/c1-4-16-13-17-14-18(27)7-9-23(17,2)20-8-10-24(3)19(22(16)20)5-6-21(24)26-12-11-25-15-26/h6,11-13,15-16,18-20,22,27H,4-5,7-10,14H2,1-3H3/t16-,18-,19+,20+,22+,23+,24+/m1/s1. The Morgan fingerprint density at radius 3 is 2.74 bits per heavy atom. The summed E-state index contributed by atoms with van der Waals surface area (Å²) in [5.41, 5.74) is 3.65. The molecule has 0 saturated heterocycles. The largest absolute Gasteiger partial charge is 0.393 e. The monoisotopic (exact) mass is 366 g/mol. The summed E-state index contributed by atoms with van der Waals surface area (Å²) in [6.45, 7) is 7.41. The smallest absolute Gasteiger partial charge is 0.0989 e. The van der Waals surface area contributed by atoms with E-state index in [9.17, 15) is 5.11 Å². The predicted octanol–water partition coefficient (Wildman–Crippen LogP) is 5.29. The van der Waals surface area contributed by atoms with E-state index in [-0.39, 0.29) is 11.5 Å². The zero-order chi connectivity index (χ0) is 18.8. The molecular weight excluding hydrogens is 332 g/mol. The summed E-state index contributed by atoms with van der Waals surface area (Å²) in [6.07, 6.45) is 19.1. The molecule has 1 aromatic rings. The number of aliphatic hydroxyl groups is 1. The van der Waals surface area contributed by atoms with E-state index in [4.69, 9.17) is 0 Å². The van der Waals surface area contributed by atoms with Gasteiger partial charge in [0.25, 0.3) is 0 Å². The number of aliphatic hydroxyl groups excluding tert-OH is 1. The van der Waals surface area contributed by atoms with Gasteiger partial charge in [0.2, 0.25) is 0 Å². The first kappa shape index (κ1) is 17.7. The lowest BCUT2D eigenvalue weighted by Gasteiger charge is -2.59. The van der Waals surface area contributed by atoms with Crippen LogP contribution >= 0.6 is 0 Å². The number of aromatic nitrogens is 2. The van der Waals surface area contributed by atoms with Crippen LogP contribution in [0.25, 0.3) is 5.70 Å². The van der Waals surface area contributed by atoms with E-state index in [0.717, 1.165) is 30.6 Å². The Morgan fingerprint density at radius 1 is 1.19 bits per heavy atom. The molecule has 1 heterocycles. The average Bonchev–Trinajstić information content (AvgIpc) is 3.28. The van der Waals surface area contributed by atoms with Gasteiger partial charge in [-0.05, 0) is 74.0 Å². The minimum absolute atomic E-state index is 0.117. The van der Waals surface area contributed by atoms with Crippen LogP contribution in [0.3, 0.4) is 0 Å². The van der Waals surface area contributed by atoms with Gasteiger partial charge in [-0.2, -0.15) is 0 Å². The number of imidazole rings is 1. The van der Waals surface area contributed by atoms with Gasteiger partial charge < -0.3 is 9.67 Å². The van der Waals surface area contributed by atoms with Gasteiger partial charge in [-0.15, -0.1) is 0 Å². The molecule has 7 atom stereocenters. The summed E-state index contributed by atoms with van der Waals surface area (Å²) < 4.78 is 2.27. The van der Waals surface area contributed by atoms with Crippen LogP contribution in [-0.2, 0) is 0 Å². The molecule has 5 rings (SSSR count). The summed E-state index contributed by atoms with van der Waals surface area (Å²) in [7, 11) is 0. The van der Waals surface area contributed by atoms with Crippen molar-refractivity contribution in [3.8, 4) is 0 Å². The Hall–Kier alpha value is -1.35. The Kier molecular flexibility index (Phi) is 3.99. The zero-order valence-electron chi connectivity index (χ0n) is 17.1. The van der Waals surface area contributed by atoms with Crippen molar-refractivity contribution in [2.75, 3.05) is 0 Å². The van der Waals surface area contributed by atoms with E-state index < -0.39 is 0 Å². The van der Waals surface area contributed by atoms with Gasteiger partial charge in [-0.25, -0.2) is 4.98 Å². The van der Waals surface area contributed by atoms with Crippen molar-refractivity contribution in [1.29, 1.82) is 0 Å². The van der Waals surface area contributed by atoms with Crippen LogP contribution in [0.4, 0.5) is 0 Å². The number of fused-ring (bicyclic) bond motifs is 5. The molecule has 27 heavy (non-hydrogen) atoms. The van der Waals surface area contributed by atoms with Crippen LogP contribution in [0.1, 0.15) is 65.7 Å². The second kappa shape index (κ2) is 6.07. The molecule has 0 bridgehead atoms. The van der Waals surface area contributed by atoms with Crippen LogP contribution in [-0.4, -0.2) is 20.8 Å². The highest BCUT2D eigenvalue weighted by Crippen LogP contribution is 2.67. The first-order valence-corrected chi connectivity index (χ1v) is 11.1. The van der Waals surface area contributed by atoms with Gasteiger partial charge in [0.15, 0.2) is 0 Å². The summed E-state index contributed by atoms with van der Waals surface area (Å²) in [5, 5.41) is 10.3. The highest BCUT2D eigenvalue weighted by molar-refractivity contribution is 5.57. The molecule has 1 N–H and O–H groups in total. The molecule has 146 valence electrons. The fourth-order valence-corrected chi connectivity index (χ4v) is 7.54. The Balaban J connectivity index is 1.54. The third kappa shape index (κ3) is 2.40. The van der Waals surface area contributed by atoms with Gasteiger partial charge >= 0.3 is 0 Å². The lowest BCUT2D eigenvalue weighted by Crippen LogP contribution is -2.52. The lowest BCUT2D eigenvalue weighted by atomic mass is 9.45. The third-order valence-electron chi connectivity index (χ3n) is 9.04. The van der Waals surface area contributed by atoms with Crippen LogP contribution in [0.2, 0.25) is 0 Å². The second-order valence-electron chi connectivity index (χ2n) is 10.1. The van der Waals surface area contributed by atoms with Crippen molar-refractivity contribution in [1.82, 2.24) is 9.55 Å². The molecule has 2 fully saturated rings. The van der Waals surface area contributed by atoms with Crippen molar-refractivity contribution in [3.63, 3.8) is 0 Å². The molecule has 0 spiro atoms. The maximum atomic E-state index is 10.3. The molecule has 1 aromatic heterocycles. The van der Waals surface area contributed by atoms with E-state index in [1.165, 1.54) is 37.8 Å². The number of nitrogens with zero attached hydrogens (tertiary/aromatic N) is 2. The second-order valence-corrected chi connectivity index (χ2v) is 10.1. The number of rotatable bonds is 2. The Morgan fingerprint density at radius 2 is 2.00 bits per heavy atom. The topological polar surface area (TPSA) is 38.0 Å². The van der Waals surface area contributed by atoms with Crippen LogP contribution in [0, 0.1) is 34.5 Å². The molecule has 0 aliphatic heterocycles. The first-order chi connectivity index (χ1) is 13.0. The average molecular weight is 367 g/mol. The summed E-state index contributed by atoms with van der Waals surface area (Å²) in [4.78, 5) is 4.31. The number of hydrogen-bond donors (Lipinski definition) is 1. The number of hydrogen-bond acceptors (Lipinski definition) is 2. The molecule has 4 aliphatic carbocycles. The molecule has 2 saturated carbocycles. The first-order valence-electron chi connectivity index (χ1n) is 11.1. The summed E-state index contributed by atoms with van der Waals surface area (Å²) in [6, 6.07) is 0. The quantitative estimate of drug-likeness (QED) is 0.722. The van der Waals surface area contributed by atoms with Crippen molar-refractivity contribution in [2.24, 2.45) is 34.5 Å². The zero-order valence-corrected chi connectivity index (χ0v) is 17.1. The van der Waals surface area contributed by atoms with E-state index in [2.05, 4.69) is 48.7 Å². The Labute approximate surface area is 163 Å². The molecule has 0 aromatic carbocycles. The van der Waals surface area contributed by atoms with Crippen LogP contribution in [0.15, 0.2) is 36.4 Å². The maximum Gasteiger partial charge on any atom is 0.0989 e. The summed E-state index contributed by atoms with van der Waals surface area (Å²) in [5.74, 6) is 2.96. The minimum Gasteiger partial charge on any atom is -0.393 e.